The zero-order valence-corrected chi connectivity index (χ0v) is 20.9. The molecular weight excluding hydrogens is 444 g/mol. The van der Waals surface area contributed by atoms with Crippen LogP contribution < -0.4 is 10.6 Å². The number of aryl methyl sites for hydroxylation is 1. The Morgan fingerprint density at radius 1 is 0.941 bits per heavy atom. The first kappa shape index (κ1) is 24.0. The average molecular weight is 477 g/mol. The molecule has 0 saturated carbocycles. The molecule has 5 nitrogen and oxygen atoms in total. The van der Waals surface area contributed by atoms with E-state index in [1.54, 1.807) is 0 Å². The van der Waals surface area contributed by atoms with Crippen LogP contribution in [0, 0.1) is 0 Å². The molecule has 1 aliphatic carbocycles. The predicted molar refractivity (Wildman–Crippen MR) is 137 cm³/mol. The van der Waals surface area contributed by atoms with Crippen molar-refractivity contribution < 1.29 is 14.3 Å². The molecule has 178 valence electrons. The highest BCUT2D eigenvalue weighted by Gasteiger charge is 2.17. The Kier molecular flexibility index (Phi) is 7.37. The maximum absolute atomic E-state index is 12.9. The largest absolute Gasteiger partial charge is 0.444 e. The normalized spacial score (nSPS) is 13.1. The highest BCUT2D eigenvalue weighted by Crippen LogP contribution is 2.30. The van der Waals surface area contributed by atoms with E-state index in [0.717, 1.165) is 23.1 Å². The van der Waals surface area contributed by atoms with E-state index in [1.165, 1.54) is 35.3 Å². The van der Waals surface area contributed by atoms with E-state index < -0.39 is 11.7 Å². The van der Waals surface area contributed by atoms with Crippen molar-refractivity contribution in [2.24, 2.45) is 0 Å². The average Bonchev–Trinajstić information content (AvgIpc) is 3.23. The van der Waals surface area contributed by atoms with E-state index in [0.29, 0.717) is 18.7 Å². The number of thiophene rings is 1. The first-order valence-corrected chi connectivity index (χ1v) is 12.7. The van der Waals surface area contributed by atoms with Crippen molar-refractivity contribution in [2.75, 3.05) is 0 Å². The van der Waals surface area contributed by atoms with E-state index in [2.05, 4.69) is 16.0 Å². The van der Waals surface area contributed by atoms with Crippen LogP contribution in [0.15, 0.2) is 53.9 Å². The van der Waals surface area contributed by atoms with Crippen molar-refractivity contribution >= 4 is 23.3 Å². The van der Waals surface area contributed by atoms with Crippen LogP contribution in [0.25, 0.3) is 11.1 Å². The molecule has 1 aromatic heterocycles. The minimum atomic E-state index is -0.532. The molecular formula is C28H32N2O3S. The second-order valence-corrected chi connectivity index (χ2v) is 10.7. The number of carbonyl (C=O) groups excluding carboxylic acids is 2. The van der Waals surface area contributed by atoms with Gasteiger partial charge in [0.25, 0.3) is 5.91 Å². The molecule has 0 aliphatic heterocycles. The van der Waals surface area contributed by atoms with Crippen LogP contribution in [0.2, 0.25) is 0 Å². The number of hydrogen-bond donors (Lipinski definition) is 2. The zero-order chi connectivity index (χ0) is 24.1. The molecule has 1 heterocycles. The smallest absolute Gasteiger partial charge is 0.407 e. The molecule has 0 spiro atoms. The molecule has 0 radical (unpaired) electrons. The van der Waals surface area contributed by atoms with Crippen molar-refractivity contribution in [1.29, 1.82) is 0 Å². The summed E-state index contributed by atoms with van der Waals surface area (Å²) in [5.74, 6) is -0.0691. The molecule has 2 N–H and O–H groups in total. The van der Waals surface area contributed by atoms with Crippen molar-refractivity contribution in [1.82, 2.24) is 10.6 Å². The molecule has 2 aromatic carbocycles. The predicted octanol–water partition coefficient (Wildman–Crippen LogP) is 6.25. The number of hydrogen-bond acceptors (Lipinski definition) is 4. The fourth-order valence-electron chi connectivity index (χ4n) is 4.18. The van der Waals surface area contributed by atoms with Crippen molar-refractivity contribution in [3.8, 4) is 11.1 Å². The molecule has 4 rings (SSSR count). The van der Waals surface area contributed by atoms with Crippen LogP contribution in [-0.4, -0.2) is 17.6 Å². The molecule has 0 atom stereocenters. The van der Waals surface area contributed by atoms with E-state index in [1.807, 2.05) is 80.6 Å². The number of benzene rings is 2. The lowest BCUT2D eigenvalue weighted by atomic mass is 9.96. The Balaban J connectivity index is 1.40. The topological polar surface area (TPSA) is 67.4 Å². The van der Waals surface area contributed by atoms with Gasteiger partial charge in [0.15, 0.2) is 0 Å². The highest BCUT2D eigenvalue weighted by molar-refractivity contribution is 7.10. The van der Waals surface area contributed by atoms with Crippen molar-refractivity contribution in [3.05, 3.63) is 81.0 Å². The fourth-order valence-corrected chi connectivity index (χ4v) is 5.32. The summed E-state index contributed by atoms with van der Waals surface area (Å²) in [7, 11) is 0. The van der Waals surface area contributed by atoms with Crippen LogP contribution in [0.4, 0.5) is 4.79 Å². The second-order valence-electron chi connectivity index (χ2n) is 9.69. The third kappa shape index (κ3) is 6.26. The van der Waals surface area contributed by atoms with Gasteiger partial charge in [0.05, 0.1) is 0 Å². The molecule has 2 amide bonds. The van der Waals surface area contributed by atoms with E-state index in [4.69, 9.17) is 4.74 Å². The molecule has 34 heavy (non-hydrogen) atoms. The third-order valence-electron chi connectivity index (χ3n) is 5.81. The number of fused-ring (bicyclic) bond motifs is 1. The van der Waals surface area contributed by atoms with Crippen molar-refractivity contribution in [3.63, 3.8) is 0 Å². The Morgan fingerprint density at radius 3 is 2.47 bits per heavy atom. The quantitative estimate of drug-likeness (QED) is 0.442. The summed E-state index contributed by atoms with van der Waals surface area (Å²) < 4.78 is 5.30. The van der Waals surface area contributed by atoms with Gasteiger partial charge in [-0.1, -0.05) is 30.3 Å². The monoisotopic (exact) mass is 476 g/mol. The lowest BCUT2D eigenvalue weighted by Gasteiger charge is -2.19. The SMILES string of the molecule is CC(C)(C)OC(=O)NCc1cccc(-c2cccc(C(=O)NCc3csc4c3CCCC4)c2)c1. The van der Waals surface area contributed by atoms with Gasteiger partial charge >= 0.3 is 6.09 Å². The Labute approximate surface area is 205 Å². The molecule has 1 aliphatic rings. The maximum atomic E-state index is 12.9. The summed E-state index contributed by atoms with van der Waals surface area (Å²) >= 11 is 1.82. The summed E-state index contributed by atoms with van der Waals surface area (Å²) in [6.45, 7) is 6.45. The number of carbonyl (C=O) groups is 2. The Hall–Kier alpha value is -3.12. The van der Waals surface area contributed by atoms with Crippen molar-refractivity contribution in [2.45, 2.75) is 65.1 Å². The number of rotatable bonds is 6. The van der Waals surface area contributed by atoms with Gasteiger partial charge in [0.1, 0.15) is 5.60 Å². The molecule has 0 unspecified atom stereocenters. The van der Waals surface area contributed by atoms with Gasteiger partial charge in [-0.2, -0.15) is 0 Å². The molecule has 0 saturated heterocycles. The van der Waals surface area contributed by atoms with Gasteiger partial charge in [0.2, 0.25) is 0 Å². The second kappa shape index (κ2) is 10.4. The van der Waals surface area contributed by atoms with Gasteiger partial charge in [-0.3, -0.25) is 4.79 Å². The van der Waals surface area contributed by atoms with Gasteiger partial charge < -0.3 is 15.4 Å². The standard InChI is InChI=1S/C28H32N2O3S/c1-28(2,3)33-27(32)30-16-19-8-6-9-20(14-19)21-10-7-11-22(15-21)26(31)29-17-23-18-34-25-13-5-4-12-24(23)25/h6-11,14-15,18H,4-5,12-13,16-17H2,1-3H3,(H,29,31)(H,30,32). The van der Waals surface area contributed by atoms with Gasteiger partial charge in [-0.15, -0.1) is 11.3 Å². The van der Waals surface area contributed by atoms with Crippen LogP contribution in [-0.2, 0) is 30.7 Å². The molecule has 3 aromatic rings. The molecule has 0 bridgehead atoms. The summed E-state index contributed by atoms with van der Waals surface area (Å²) in [6, 6.07) is 15.6. The van der Waals surface area contributed by atoms with Crippen LogP contribution in [0.5, 0.6) is 0 Å². The van der Waals surface area contributed by atoms with Gasteiger partial charge in [-0.25, -0.2) is 4.79 Å². The Bertz CT molecular complexity index is 1180. The zero-order valence-electron chi connectivity index (χ0n) is 20.1. The maximum Gasteiger partial charge on any atom is 0.407 e. The van der Waals surface area contributed by atoms with E-state index >= 15 is 0 Å². The number of alkyl carbamates (subject to hydrolysis) is 1. The Morgan fingerprint density at radius 2 is 1.68 bits per heavy atom. The number of amides is 2. The number of ether oxygens (including phenoxy) is 1. The third-order valence-corrected chi connectivity index (χ3v) is 6.95. The summed E-state index contributed by atoms with van der Waals surface area (Å²) in [5, 5.41) is 8.09. The van der Waals surface area contributed by atoms with Gasteiger partial charge in [-0.05, 0) is 97.9 Å². The lowest BCUT2D eigenvalue weighted by Crippen LogP contribution is -2.32. The van der Waals surface area contributed by atoms with E-state index in [-0.39, 0.29) is 5.91 Å². The molecule has 0 fully saturated rings. The van der Waals surface area contributed by atoms with E-state index in [9.17, 15) is 9.59 Å². The fraction of sp³-hybridized carbons (Fsp3) is 0.357. The lowest BCUT2D eigenvalue weighted by molar-refractivity contribution is 0.0523. The highest BCUT2D eigenvalue weighted by atomic mass is 32.1. The number of nitrogens with one attached hydrogen (secondary N) is 2. The van der Waals surface area contributed by atoms with Crippen LogP contribution in [0.3, 0.4) is 0 Å². The first-order valence-electron chi connectivity index (χ1n) is 11.8. The first-order chi connectivity index (χ1) is 16.3. The van der Waals surface area contributed by atoms with Crippen LogP contribution >= 0.6 is 11.3 Å². The van der Waals surface area contributed by atoms with Gasteiger partial charge in [0, 0.05) is 23.5 Å². The molecule has 6 heteroatoms. The summed E-state index contributed by atoms with van der Waals surface area (Å²) in [6.07, 6.45) is 4.35. The minimum Gasteiger partial charge on any atom is -0.444 e. The van der Waals surface area contributed by atoms with Crippen LogP contribution in [0.1, 0.15) is 65.5 Å². The summed E-state index contributed by atoms with van der Waals surface area (Å²) in [5.41, 5.74) is 5.72. The summed E-state index contributed by atoms with van der Waals surface area (Å²) in [4.78, 5) is 26.3. The minimum absolute atomic E-state index is 0.0691.